The molecular formula is C8H14N4O5Si. The molecule has 18 heavy (non-hydrogen) atoms. The largest absolute Gasteiger partial charge is 0.394 e. The standard InChI is InChI=1S/C8H14N4O5Si/c9-7-10-3-12(8(14)11-7)6-1-4(16-17-18)5(2-13)15-6/h3-6,13H,1-2H2,18H3,(H2,9,11,14)/t4-,5+,6+/m0/s1. The van der Waals surface area contributed by atoms with E-state index in [1.807, 2.05) is 0 Å². The second-order valence-corrected chi connectivity index (χ2v) is 4.09. The molecule has 1 saturated heterocycles. The highest BCUT2D eigenvalue weighted by atomic mass is 28.2. The number of nitrogens with zero attached hydrogens (tertiary/aromatic N) is 3. The van der Waals surface area contributed by atoms with Crippen molar-refractivity contribution in [3.05, 3.63) is 16.8 Å². The van der Waals surface area contributed by atoms with Crippen molar-refractivity contribution in [2.24, 2.45) is 0 Å². The molecular weight excluding hydrogens is 260 g/mol. The van der Waals surface area contributed by atoms with Gasteiger partial charge in [-0.2, -0.15) is 4.98 Å². The maximum absolute atomic E-state index is 11.6. The van der Waals surface area contributed by atoms with Crippen molar-refractivity contribution in [3.63, 3.8) is 0 Å². The van der Waals surface area contributed by atoms with Gasteiger partial charge in [-0.25, -0.2) is 14.7 Å². The summed E-state index contributed by atoms with van der Waals surface area (Å²) in [4.78, 5) is 23.9. The Labute approximate surface area is 105 Å². The van der Waals surface area contributed by atoms with Gasteiger partial charge in [0.2, 0.25) is 5.95 Å². The number of hydrogen-bond acceptors (Lipinski definition) is 8. The van der Waals surface area contributed by atoms with Gasteiger partial charge in [-0.1, -0.05) is 0 Å². The molecule has 0 saturated carbocycles. The van der Waals surface area contributed by atoms with Crippen LogP contribution in [0.4, 0.5) is 5.95 Å². The predicted molar refractivity (Wildman–Crippen MR) is 62.2 cm³/mol. The van der Waals surface area contributed by atoms with E-state index in [1.54, 1.807) is 0 Å². The first-order valence-electron chi connectivity index (χ1n) is 5.32. The number of hydrogen-bond donors (Lipinski definition) is 2. The average molecular weight is 274 g/mol. The fraction of sp³-hybridized carbons (Fsp3) is 0.625. The number of aliphatic hydroxyl groups excluding tert-OH is 1. The van der Waals surface area contributed by atoms with Crippen molar-refractivity contribution in [1.29, 1.82) is 0 Å². The molecule has 1 aliphatic rings. The van der Waals surface area contributed by atoms with Crippen molar-refractivity contribution in [2.75, 3.05) is 12.3 Å². The molecule has 1 aromatic rings. The van der Waals surface area contributed by atoms with Crippen molar-refractivity contribution < 1.29 is 19.3 Å². The number of aliphatic hydroxyl groups is 1. The second kappa shape index (κ2) is 5.54. The summed E-state index contributed by atoms with van der Waals surface area (Å²) in [6, 6.07) is 0. The van der Waals surface area contributed by atoms with Crippen molar-refractivity contribution in [2.45, 2.75) is 24.9 Å². The molecule has 2 heterocycles. The number of anilines is 1. The van der Waals surface area contributed by atoms with E-state index in [1.165, 1.54) is 10.9 Å². The van der Waals surface area contributed by atoms with Gasteiger partial charge in [-0.05, 0) is 0 Å². The van der Waals surface area contributed by atoms with E-state index in [4.69, 9.17) is 25.0 Å². The van der Waals surface area contributed by atoms with Gasteiger partial charge in [-0.3, -0.25) is 9.14 Å². The lowest BCUT2D eigenvalue weighted by atomic mass is 10.2. The third-order valence-corrected chi connectivity index (χ3v) is 2.83. The lowest BCUT2D eigenvalue weighted by Crippen LogP contribution is -2.29. The van der Waals surface area contributed by atoms with E-state index >= 15 is 0 Å². The molecule has 0 aliphatic carbocycles. The Kier molecular flexibility index (Phi) is 4.03. The molecule has 10 heteroatoms. The number of nitrogens with two attached hydrogens (primary N) is 1. The summed E-state index contributed by atoms with van der Waals surface area (Å²) in [6.07, 6.45) is 0.0429. The quantitative estimate of drug-likeness (QED) is 0.340. The molecule has 0 unspecified atom stereocenters. The van der Waals surface area contributed by atoms with Gasteiger partial charge in [0.15, 0.2) is 10.5 Å². The van der Waals surface area contributed by atoms with Crippen LogP contribution in [0.5, 0.6) is 0 Å². The summed E-state index contributed by atoms with van der Waals surface area (Å²) in [5.41, 5.74) is 4.74. The minimum absolute atomic E-state index is 0.0938. The summed E-state index contributed by atoms with van der Waals surface area (Å²) in [7, 11) is 0.409. The normalized spacial score (nSPS) is 27.7. The van der Waals surface area contributed by atoms with Gasteiger partial charge >= 0.3 is 5.69 Å². The molecule has 3 N–H and O–H groups in total. The zero-order valence-electron chi connectivity index (χ0n) is 9.72. The molecule has 9 nitrogen and oxygen atoms in total. The maximum Gasteiger partial charge on any atom is 0.354 e. The molecule has 0 radical (unpaired) electrons. The molecule has 1 aliphatic heterocycles. The van der Waals surface area contributed by atoms with E-state index in [-0.39, 0.29) is 12.6 Å². The third kappa shape index (κ3) is 2.57. The Morgan fingerprint density at radius 2 is 2.50 bits per heavy atom. The van der Waals surface area contributed by atoms with Crippen molar-refractivity contribution in [1.82, 2.24) is 14.5 Å². The Bertz CT molecular complexity index is 469. The molecule has 100 valence electrons. The van der Waals surface area contributed by atoms with Gasteiger partial charge in [0.1, 0.15) is 24.8 Å². The van der Waals surface area contributed by atoms with Crippen LogP contribution < -0.4 is 11.4 Å². The zero-order chi connectivity index (χ0) is 13.1. The van der Waals surface area contributed by atoms with Gasteiger partial charge < -0.3 is 15.6 Å². The van der Waals surface area contributed by atoms with Crippen molar-refractivity contribution >= 4 is 16.4 Å². The van der Waals surface area contributed by atoms with Crippen LogP contribution in [-0.2, 0) is 14.2 Å². The van der Waals surface area contributed by atoms with Crippen molar-refractivity contribution in [3.8, 4) is 0 Å². The minimum atomic E-state index is -0.600. The smallest absolute Gasteiger partial charge is 0.354 e. The topological polar surface area (TPSA) is 122 Å². The highest BCUT2D eigenvalue weighted by Crippen LogP contribution is 2.29. The first kappa shape index (κ1) is 13.1. The highest BCUT2D eigenvalue weighted by Gasteiger charge is 2.37. The summed E-state index contributed by atoms with van der Waals surface area (Å²) >= 11 is 0. The molecule has 0 spiro atoms. The van der Waals surface area contributed by atoms with Gasteiger partial charge in [0.25, 0.3) is 0 Å². The molecule has 0 amide bonds. The molecule has 1 aromatic heterocycles. The third-order valence-electron chi connectivity index (χ3n) is 2.64. The summed E-state index contributed by atoms with van der Waals surface area (Å²) in [5, 5.41) is 9.15. The van der Waals surface area contributed by atoms with E-state index < -0.39 is 24.1 Å². The average Bonchev–Trinajstić information content (AvgIpc) is 2.72. The Morgan fingerprint density at radius 3 is 3.11 bits per heavy atom. The zero-order valence-corrected chi connectivity index (χ0v) is 11.7. The predicted octanol–water partition coefficient (Wildman–Crippen LogP) is -2.90. The Hall–Kier alpha value is -1.33. The van der Waals surface area contributed by atoms with E-state index in [9.17, 15) is 4.79 Å². The van der Waals surface area contributed by atoms with Gasteiger partial charge in [-0.15, -0.1) is 0 Å². The van der Waals surface area contributed by atoms with Crippen LogP contribution in [0.2, 0.25) is 0 Å². The molecule has 2 rings (SSSR count). The highest BCUT2D eigenvalue weighted by molar-refractivity contribution is 5.97. The SMILES string of the molecule is Nc1ncn([C@H]2C[C@H](OO[SiH3])[C@@H](CO)O2)c(=O)n1. The minimum Gasteiger partial charge on any atom is -0.394 e. The fourth-order valence-corrected chi connectivity index (χ4v) is 2.06. The van der Waals surface area contributed by atoms with Crippen LogP contribution in [0.1, 0.15) is 12.6 Å². The van der Waals surface area contributed by atoms with Gasteiger partial charge in [0.05, 0.1) is 6.61 Å². The Morgan fingerprint density at radius 1 is 1.72 bits per heavy atom. The summed E-state index contributed by atoms with van der Waals surface area (Å²) < 4.78 is 11.4. The first-order chi connectivity index (χ1) is 8.65. The monoisotopic (exact) mass is 274 g/mol. The Balaban J connectivity index is 2.18. The number of ether oxygens (including phenoxy) is 1. The van der Waals surface area contributed by atoms with Crippen LogP contribution in [0.3, 0.4) is 0 Å². The van der Waals surface area contributed by atoms with Crippen LogP contribution in [0.15, 0.2) is 11.1 Å². The number of aromatic nitrogens is 3. The lowest BCUT2D eigenvalue weighted by molar-refractivity contribution is -0.254. The molecule has 3 atom stereocenters. The summed E-state index contributed by atoms with van der Waals surface area (Å²) in [6.45, 7) is -0.226. The van der Waals surface area contributed by atoms with Crippen LogP contribution in [0.25, 0.3) is 0 Å². The molecule has 0 bridgehead atoms. The second-order valence-electron chi connectivity index (χ2n) is 3.75. The maximum atomic E-state index is 11.6. The first-order valence-corrected chi connectivity index (χ1v) is 6.13. The fourth-order valence-electron chi connectivity index (χ4n) is 1.81. The van der Waals surface area contributed by atoms with E-state index in [2.05, 4.69) is 9.97 Å². The van der Waals surface area contributed by atoms with Crippen LogP contribution in [0, 0.1) is 0 Å². The van der Waals surface area contributed by atoms with E-state index in [0.717, 1.165) is 0 Å². The molecule has 1 fully saturated rings. The summed E-state index contributed by atoms with van der Waals surface area (Å²) in [5.74, 6) is -0.0938. The van der Waals surface area contributed by atoms with E-state index in [0.29, 0.717) is 16.9 Å². The molecule has 0 aromatic carbocycles. The van der Waals surface area contributed by atoms with Crippen LogP contribution >= 0.6 is 0 Å². The number of nitrogen functional groups attached to an aromatic ring is 1. The lowest BCUT2D eigenvalue weighted by Gasteiger charge is -2.14. The number of rotatable bonds is 4. The van der Waals surface area contributed by atoms with Crippen LogP contribution in [-0.4, -0.2) is 48.9 Å². The van der Waals surface area contributed by atoms with Gasteiger partial charge in [0, 0.05) is 6.42 Å².